The van der Waals surface area contributed by atoms with Gasteiger partial charge in [0.05, 0.1) is 4.47 Å². The lowest BCUT2D eigenvalue weighted by Gasteiger charge is -2.10. The Morgan fingerprint density at radius 1 is 1.25 bits per heavy atom. The Morgan fingerprint density at radius 2 is 1.90 bits per heavy atom. The summed E-state index contributed by atoms with van der Waals surface area (Å²) in [5.41, 5.74) is 3.02. The van der Waals surface area contributed by atoms with Crippen molar-refractivity contribution in [3.8, 4) is 0 Å². The zero-order valence-electron chi connectivity index (χ0n) is 11.3. The van der Waals surface area contributed by atoms with Gasteiger partial charge in [-0.05, 0) is 64.7 Å². The van der Waals surface area contributed by atoms with E-state index in [-0.39, 0.29) is 5.91 Å². The van der Waals surface area contributed by atoms with E-state index in [1.165, 1.54) is 11.6 Å². The van der Waals surface area contributed by atoms with Crippen LogP contribution in [0.15, 0.2) is 40.9 Å². The molecule has 0 aliphatic rings. The maximum Gasteiger partial charge on any atom is 0.255 e. The molecule has 0 saturated carbocycles. The monoisotopic (exact) mass is 335 g/mol. The Kier molecular flexibility index (Phi) is 4.55. The second kappa shape index (κ2) is 6.18. The summed E-state index contributed by atoms with van der Waals surface area (Å²) in [6.07, 6.45) is 0.929. The number of hydrogen-bond donors (Lipinski definition) is 1. The number of halogens is 2. The average Bonchev–Trinajstić information content (AvgIpc) is 2.44. The standard InChI is InChI=1S/C16H15BrFNO/c1-3-11-4-6-12(7-5-11)16(20)19-15-9-14(18)13(17)8-10(15)2/h4-9H,3H2,1-2H3,(H,19,20). The van der Waals surface area contributed by atoms with E-state index in [9.17, 15) is 9.18 Å². The lowest BCUT2D eigenvalue weighted by Crippen LogP contribution is -2.13. The Morgan fingerprint density at radius 3 is 2.50 bits per heavy atom. The Labute approximate surface area is 126 Å². The van der Waals surface area contributed by atoms with E-state index in [0.717, 1.165) is 12.0 Å². The fourth-order valence-corrected chi connectivity index (χ4v) is 2.33. The molecule has 0 radical (unpaired) electrons. The molecule has 0 unspecified atom stereocenters. The quantitative estimate of drug-likeness (QED) is 0.864. The molecule has 4 heteroatoms. The number of carbonyl (C=O) groups is 1. The van der Waals surface area contributed by atoms with Crippen LogP contribution in [0.4, 0.5) is 10.1 Å². The van der Waals surface area contributed by atoms with Gasteiger partial charge in [0.2, 0.25) is 0 Å². The summed E-state index contributed by atoms with van der Waals surface area (Å²) >= 11 is 3.12. The van der Waals surface area contributed by atoms with E-state index in [2.05, 4.69) is 28.2 Å². The van der Waals surface area contributed by atoms with E-state index in [1.54, 1.807) is 18.2 Å². The number of amides is 1. The fourth-order valence-electron chi connectivity index (χ4n) is 1.87. The van der Waals surface area contributed by atoms with Gasteiger partial charge in [0.15, 0.2) is 0 Å². The van der Waals surface area contributed by atoms with Crippen LogP contribution in [0.1, 0.15) is 28.4 Å². The van der Waals surface area contributed by atoms with Crippen LogP contribution in [-0.4, -0.2) is 5.91 Å². The lowest BCUT2D eigenvalue weighted by atomic mass is 10.1. The molecule has 2 rings (SSSR count). The van der Waals surface area contributed by atoms with Crippen LogP contribution in [0, 0.1) is 12.7 Å². The van der Waals surface area contributed by atoms with Gasteiger partial charge in [-0.15, -0.1) is 0 Å². The van der Waals surface area contributed by atoms with Crippen molar-refractivity contribution in [2.24, 2.45) is 0 Å². The first-order chi connectivity index (χ1) is 9.51. The lowest BCUT2D eigenvalue weighted by molar-refractivity contribution is 0.102. The molecule has 2 nitrogen and oxygen atoms in total. The molecule has 1 amide bonds. The van der Waals surface area contributed by atoms with Crippen molar-refractivity contribution in [3.63, 3.8) is 0 Å². The minimum Gasteiger partial charge on any atom is -0.322 e. The van der Waals surface area contributed by atoms with Gasteiger partial charge in [-0.25, -0.2) is 4.39 Å². The Bertz CT molecular complexity index is 638. The Hall–Kier alpha value is -1.68. The van der Waals surface area contributed by atoms with Gasteiger partial charge in [-0.2, -0.15) is 0 Å². The molecule has 0 bridgehead atoms. The topological polar surface area (TPSA) is 29.1 Å². The first kappa shape index (κ1) is 14.7. The zero-order valence-corrected chi connectivity index (χ0v) is 12.9. The van der Waals surface area contributed by atoms with Crippen LogP contribution in [-0.2, 0) is 6.42 Å². The Balaban J connectivity index is 2.20. The van der Waals surface area contributed by atoms with Gasteiger partial charge in [0.1, 0.15) is 5.82 Å². The number of anilines is 1. The molecule has 2 aromatic rings. The van der Waals surface area contributed by atoms with E-state index in [0.29, 0.717) is 15.7 Å². The van der Waals surface area contributed by atoms with Gasteiger partial charge < -0.3 is 5.32 Å². The maximum atomic E-state index is 13.5. The molecule has 0 aromatic heterocycles. The third-order valence-electron chi connectivity index (χ3n) is 3.14. The molecule has 0 aliphatic carbocycles. The minimum atomic E-state index is -0.396. The molecule has 0 aliphatic heterocycles. The molecule has 2 aromatic carbocycles. The normalized spacial score (nSPS) is 10.4. The van der Waals surface area contributed by atoms with Crippen LogP contribution >= 0.6 is 15.9 Å². The molecular weight excluding hydrogens is 321 g/mol. The van der Waals surface area contributed by atoms with Crippen molar-refractivity contribution in [1.82, 2.24) is 0 Å². The number of aryl methyl sites for hydroxylation is 2. The fraction of sp³-hybridized carbons (Fsp3) is 0.188. The summed E-state index contributed by atoms with van der Waals surface area (Å²) in [5, 5.41) is 2.73. The summed E-state index contributed by atoms with van der Waals surface area (Å²) in [7, 11) is 0. The van der Waals surface area contributed by atoms with Crippen molar-refractivity contribution in [3.05, 3.63) is 63.4 Å². The third-order valence-corrected chi connectivity index (χ3v) is 3.75. The zero-order chi connectivity index (χ0) is 14.7. The largest absolute Gasteiger partial charge is 0.322 e. The van der Waals surface area contributed by atoms with Crippen molar-refractivity contribution in [1.29, 1.82) is 0 Å². The molecule has 104 valence electrons. The van der Waals surface area contributed by atoms with E-state index in [4.69, 9.17) is 0 Å². The molecule has 0 saturated heterocycles. The van der Waals surface area contributed by atoms with Crippen LogP contribution < -0.4 is 5.32 Å². The van der Waals surface area contributed by atoms with Gasteiger partial charge in [0.25, 0.3) is 5.91 Å². The highest BCUT2D eigenvalue weighted by molar-refractivity contribution is 9.10. The predicted molar refractivity (Wildman–Crippen MR) is 82.6 cm³/mol. The van der Waals surface area contributed by atoms with Crippen molar-refractivity contribution >= 4 is 27.5 Å². The minimum absolute atomic E-state index is 0.238. The number of carbonyl (C=O) groups excluding carboxylic acids is 1. The summed E-state index contributed by atoms with van der Waals surface area (Å²) in [5.74, 6) is -0.635. The number of benzene rings is 2. The van der Waals surface area contributed by atoms with E-state index >= 15 is 0 Å². The molecule has 0 atom stereocenters. The predicted octanol–water partition coefficient (Wildman–Crippen LogP) is 4.71. The highest BCUT2D eigenvalue weighted by Gasteiger charge is 2.10. The van der Waals surface area contributed by atoms with E-state index in [1.807, 2.05) is 19.1 Å². The van der Waals surface area contributed by atoms with Crippen molar-refractivity contribution in [2.45, 2.75) is 20.3 Å². The van der Waals surface area contributed by atoms with Gasteiger partial charge >= 0.3 is 0 Å². The summed E-state index contributed by atoms with van der Waals surface area (Å²) in [6, 6.07) is 10.4. The number of nitrogens with one attached hydrogen (secondary N) is 1. The molecule has 20 heavy (non-hydrogen) atoms. The van der Waals surface area contributed by atoms with Crippen LogP contribution in [0.25, 0.3) is 0 Å². The van der Waals surface area contributed by atoms with Crippen LogP contribution in [0.2, 0.25) is 0 Å². The highest BCUT2D eigenvalue weighted by atomic mass is 79.9. The molecule has 0 fully saturated rings. The van der Waals surface area contributed by atoms with Crippen LogP contribution in [0.3, 0.4) is 0 Å². The third kappa shape index (κ3) is 3.25. The van der Waals surface area contributed by atoms with Gasteiger partial charge in [-0.1, -0.05) is 19.1 Å². The maximum absolute atomic E-state index is 13.5. The van der Waals surface area contributed by atoms with Crippen molar-refractivity contribution < 1.29 is 9.18 Å². The summed E-state index contributed by atoms with van der Waals surface area (Å²) in [6.45, 7) is 3.88. The summed E-state index contributed by atoms with van der Waals surface area (Å²) in [4.78, 5) is 12.1. The number of rotatable bonds is 3. The van der Waals surface area contributed by atoms with Gasteiger partial charge in [0, 0.05) is 11.3 Å². The van der Waals surface area contributed by atoms with E-state index < -0.39 is 5.82 Å². The SMILES string of the molecule is CCc1ccc(C(=O)Nc2cc(F)c(Br)cc2C)cc1. The molecule has 0 spiro atoms. The average molecular weight is 336 g/mol. The second-order valence-corrected chi connectivity index (χ2v) is 5.44. The number of hydrogen-bond acceptors (Lipinski definition) is 1. The second-order valence-electron chi connectivity index (χ2n) is 4.59. The highest BCUT2D eigenvalue weighted by Crippen LogP contribution is 2.24. The molecular formula is C16H15BrFNO. The van der Waals surface area contributed by atoms with Crippen molar-refractivity contribution in [2.75, 3.05) is 5.32 Å². The summed E-state index contributed by atoms with van der Waals surface area (Å²) < 4.78 is 13.9. The first-order valence-corrected chi connectivity index (χ1v) is 7.16. The molecule has 0 heterocycles. The molecule has 1 N–H and O–H groups in total. The van der Waals surface area contributed by atoms with Crippen LogP contribution in [0.5, 0.6) is 0 Å². The van der Waals surface area contributed by atoms with Gasteiger partial charge in [-0.3, -0.25) is 4.79 Å². The first-order valence-electron chi connectivity index (χ1n) is 6.37. The smallest absolute Gasteiger partial charge is 0.255 e.